The maximum Gasteiger partial charge on any atom is 0.260 e. The molecule has 0 unspecified atom stereocenters. The maximum atomic E-state index is 13.6. The van der Waals surface area contributed by atoms with Gasteiger partial charge >= 0.3 is 0 Å². The Labute approximate surface area is 217 Å². The zero-order chi connectivity index (χ0) is 25.9. The first-order valence-electron chi connectivity index (χ1n) is 12.3. The van der Waals surface area contributed by atoms with Crippen molar-refractivity contribution in [2.45, 2.75) is 44.0 Å². The fourth-order valence-electron chi connectivity index (χ4n) is 4.34. The second-order valence-corrected chi connectivity index (χ2v) is 12.2. The van der Waals surface area contributed by atoms with E-state index in [-0.39, 0.29) is 16.8 Å². The van der Waals surface area contributed by atoms with E-state index in [0.717, 1.165) is 35.2 Å². The number of carbonyl (C=O) groups excluding carboxylic acids is 1. The Balaban J connectivity index is 1.61. The molecule has 2 heterocycles. The Morgan fingerprint density at radius 3 is 2.56 bits per heavy atom. The highest BCUT2D eigenvalue weighted by atomic mass is 32.2. The SMILES string of the molecule is CCOc1ccc2nc(N(CCN(C)C)C(=O)c3ccc(S(=O)(=O)N4CCCC[C@@H]4C)cc3)sc2c1. The molecular weight excluding hydrogens is 496 g/mol. The molecule has 1 fully saturated rings. The van der Waals surface area contributed by atoms with Gasteiger partial charge < -0.3 is 9.64 Å². The van der Waals surface area contributed by atoms with Crippen LogP contribution in [0.3, 0.4) is 0 Å². The Hall–Kier alpha value is -2.53. The summed E-state index contributed by atoms with van der Waals surface area (Å²) in [4.78, 5) is 22.2. The van der Waals surface area contributed by atoms with Crippen molar-refractivity contribution < 1.29 is 17.9 Å². The molecule has 1 aliphatic rings. The summed E-state index contributed by atoms with van der Waals surface area (Å²) in [5.41, 5.74) is 1.23. The molecule has 10 heteroatoms. The van der Waals surface area contributed by atoms with Crippen LogP contribution in [0.2, 0.25) is 0 Å². The van der Waals surface area contributed by atoms with Crippen LogP contribution in [0.4, 0.5) is 5.13 Å². The van der Waals surface area contributed by atoms with E-state index in [1.165, 1.54) is 11.3 Å². The van der Waals surface area contributed by atoms with Crippen LogP contribution in [-0.4, -0.2) is 74.9 Å². The molecule has 194 valence electrons. The Kier molecular flexibility index (Phi) is 8.29. The van der Waals surface area contributed by atoms with E-state index in [0.29, 0.717) is 36.9 Å². The van der Waals surface area contributed by atoms with Gasteiger partial charge in [0, 0.05) is 31.2 Å². The topological polar surface area (TPSA) is 83.0 Å². The summed E-state index contributed by atoms with van der Waals surface area (Å²) in [5.74, 6) is 0.558. The number of aromatic nitrogens is 1. The van der Waals surface area contributed by atoms with Crippen LogP contribution >= 0.6 is 11.3 Å². The van der Waals surface area contributed by atoms with Gasteiger partial charge in [0.15, 0.2) is 5.13 Å². The molecule has 36 heavy (non-hydrogen) atoms. The van der Waals surface area contributed by atoms with Crippen molar-refractivity contribution in [2.75, 3.05) is 45.2 Å². The molecule has 0 radical (unpaired) electrons. The number of nitrogens with zero attached hydrogens (tertiary/aromatic N) is 4. The van der Waals surface area contributed by atoms with Crippen molar-refractivity contribution in [3.63, 3.8) is 0 Å². The van der Waals surface area contributed by atoms with Crippen molar-refractivity contribution >= 4 is 42.6 Å². The number of thiazole rings is 1. The lowest BCUT2D eigenvalue weighted by molar-refractivity contribution is 0.0985. The summed E-state index contributed by atoms with van der Waals surface area (Å²) in [6, 6.07) is 12.0. The van der Waals surface area contributed by atoms with Crippen LogP contribution in [0.15, 0.2) is 47.4 Å². The van der Waals surface area contributed by atoms with Crippen LogP contribution in [0.25, 0.3) is 10.2 Å². The molecule has 2 aromatic carbocycles. The highest BCUT2D eigenvalue weighted by Crippen LogP contribution is 2.32. The number of rotatable bonds is 9. The Morgan fingerprint density at radius 2 is 1.89 bits per heavy atom. The van der Waals surface area contributed by atoms with E-state index < -0.39 is 10.0 Å². The Bertz CT molecular complexity index is 1310. The van der Waals surface area contributed by atoms with Crippen molar-refractivity contribution in [1.82, 2.24) is 14.2 Å². The third-order valence-corrected chi connectivity index (χ3v) is 9.43. The molecule has 0 N–H and O–H groups in total. The molecule has 4 rings (SSSR count). The summed E-state index contributed by atoms with van der Waals surface area (Å²) in [7, 11) is 0.316. The van der Waals surface area contributed by atoms with Crippen LogP contribution in [-0.2, 0) is 10.0 Å². The Morgan fingerprint density at radius 1 is 1.14 bits per heavy atom. The largest absolute Gasteiger partial charge is 0.494 e. The van der Waals surface area contributed by atoms with Gasteiger partial charge in [-0.05, 0) is 83.2 Å². The number of hydrogen-bond acceptors (Lipinski definition) is 7. The summed E-state index contributed by atoms with van der Waals surface area (Å²) in [6.07, 6.45) is 2.78. The van der Waals surface area contributed by atoms with E-state index in [2.05, 4.69) is 0 Å². The van der Waals surface area contributed by atoms with Gasteiger partial charge in [-0.3, -0.25) is 9.69 Å². The van der Waals surface area contributed by atoms with Gasteiger partial charge in [0.1, 0.15) is 5.75 Å². The number of benzene rings is 2. The van der Waals surface area contributed by atoms with E-state index >= 15 is 0 Å². The monoisotopic (exact) mass is 530 g/mol. The molecule has 0 bridgehead atoms. The van der Waals surface area contributed by atoms with E-state index in [9.17, 15) is 13.2 Å². The summed E-state index contributed by atoms with van der Waals surface area (Å²) >= 11 is 1.44. The number of ether oxygens (including phenoxy) is 1. The molecule has 3 aromatic rings. The van der Waals surface area contributed by atoms with Gasteiger partial charge in [-0.2, -0.15) is 4.31 Å². The van der Waals surface area contributed by atoms with Crippen molar-refractivity contribution in [3.05, 3.63) is 48.0 Å². The molecule has 0 aliphatic carbocycles. The second-order valence-electron chi connectivity index (χ2n) is 9.30. The number of fused-ring (bicyclic) bond motifs is 1. The lowest BCUT2D eigenvalue weighted by Crippen LogP contribution is -2.41. The number of sulfonamides is 1. The lowest BCUT2D eigenvalue weighted by Gasteiger charge is -2.32. The van der Waals surface area contributed by atoms with Crippen molar-refractivity contribution in [2.24, 2.45) is 0 Å². The molecule has 1 atom stereocenters. The molecule has 0 spiro atoms. The van der Waals surface area contributed by atoms with Gasteiger partial charge in [0.05, 0.1) is 21.7 Å². The minimum absolute atomic E-state index is 0.0196. The third kappa shape index (κ3) is 5.72. The smallest absolute Gasteiger partial charge is 0.260 e. The zero-order valence-corrected chi connectivity index (χ0v) is 22.9. The number of likely N-dealkylation sites (N-methyl/N-ethyl adjacent to an activating group) is 1. The van der Waals surface area contributed by atoms with Gasteiger partial charge in [0.25, 0.3) is 5.91 Å². The average molecular weight is 531 g/mol. The summed E-state index contributed by atoms with van der Waals surface area (Å²) < 4.78 is 34.5. The fourth-order valence-corrected chi connectivity index (χ4v) is 7.06. The van der Waals surface area contributed by atoms with Crippen molar-refractivity contribution in [1.29, 1.82) is 0 Å². The van der Waals surface area contributed by atoms with Gasteiger partial charge in [-0.1, -0.05) is 17.8 Å². The number of anilines is 1. The highest BCUT2D eigenvalue weighted by Gasteiger charge is 2.31. The molecule has 1 amide bonds. The predicted octanol–water partition coefficient (Wildman–Crippen LogP) is 4.47. The number of carbonyl (C=O) groups is 1. The zero-order valence-electron chi connectivity index (χ0n) is 21.3. The first kappa shape index (κ1) is 26.5. The number of piperidine rings is 1. The van der Waals surface area contributed by atoms with Gasteiger partial charge in [-0.15, -0.1) is 0 Å². The maximum absolute atomic E-state index is 13.6. The van der Waals surface area contributed by atoms with Gasteiger partial charge in [0.2, 0.25) is 10.0 Å². The van der Waals surface area contributed by atoms with Crippen LogP contribution < -0.4 is 9.64 Å². The van der Waals surface area contributed by atoms with Crippen LogP contribution in [0.5, 0.6) is 5.75 Å². The minimum atomic E-state index is -3.59. The van der Waals surface area contributed by atoms with Crippen LogP contribution in [0, 0.1) is 0 Å². The normalized spacial score (nSPS) is 17.0. The quantitative estimate of drug-likeness (QED) is 0.406. The summed E-state index contributed by atoms with van der Waals surface area (Å²) in [6.45, 7) is 6.11. The molecule has 8 nitrogen and oxygen atoms in total. The third-order valence-electron chi connectivity index (χ3n) is 6.36. The molecule has 1 aromatic heterocycles. The molecule has 0 saturated carbocycles. The highest BCUT2D eigenvalue weighted by molar-refractivity contribution is 7.89. The minimum Gasteiger partial charge on any atom is -0.494 e. The molecule has 1 saturated heterocycles. The van der Waals surface area contributed by atoms with E-state index in [1.54, 1.807) is 33.5 Å². The lowest BCUT2D eigenvalue weighted by atomic mass is 10.1. The second kappa shape index (κ2) is 11.2. The average Bonchev–Trinajstić information content (AvgIpc) is 3.27. The fraction of sp³-hybridized carbons (Fsp3) is 0.462. The molecular formula is C26H34N4O4S2. The number of hydrogen-bond donors (Lipinski definition) is 0. The van der Waals surface area contributed by atoms with Crippen molar-refractivity contribution in [3.8, 4) is 5.75 Å². The standard InChI is InChI=1S/C26H34N4O4S2/c1-5-34-21-11-14-23-24(18-21)35-26(27-23)29(17-16-28(3)4)25(31)20-9-12-22(13-10-20)36(32,33)30-15-7-6-8-19(30)2/h9-14,18-19H,5-8,15-17H2,1-4H3/t19-/m0/s1. The number of amides is 1. The first-order valence-corrected chi connectivity index (χ1v) is 14.6. The van der Waals surface area contributed by atoms with Gasteiger partial charge in [-0.25, -0.2) is 13.4 Å². The predicted molar refractivity (Wildman–Crippen MR) is 145 cm³/mol. The molecule has 1 aliphatic heterocycles. The first-order chi connectivity index (χ1) is 17.2. The van der Waals surface area contributed by atoms with E-state index in [4.69, 9.17) is 9.72 Å². The summed E-state index contributed by atoms with van der Waals surface area (Å²) in [5, 5.41) is 0.601. The van der Waals surface area contributed by atoms with E-state index in [1.807, 2.05) is 51.0 Å². The van der Waals surface area contributed by atoms with Crippen LogP contribution in [0.1, 0.15) is 43.5 Å².